The Morgan fingerprint density at radius 3 is 2.77 bits per heavy atom. The second-order valence-electron chi connectivity index (χ2n) is 5.59. The summed E-state index contributed by atoms with van der Waals surface area (Å²) >= 11 is 5.97. The molecular weight excluding hydrogens is 356 g/mol. The number of rotatable bonds is 2. The number of H-pyrrole nitrogens is 1. The van der Waals surface area contributed by atoms with Gasteiger partial charge in [0.05, 0.1) is 10.9 Å². The molecule has 3 aromatic heterocycles. The third-order valence-corrected chi connectivity index (χ3v) is 4.22. The van der Waals surface area contributed by atoms with Crippen LogP contribution in [-0.4, -0.2) is 30.0 Å². The molecule has 0 aliphatic carbocycles. The highest BCUT2D eigenvalue weighted by atomic mass is 35.5. The van der Waals surface area contributed by atoms with E-state index in [1.54, 1.807) is 22.7 Å². The van der Waals surface area contributed by atoms with Crippen molar-refractivity contribution >= 4 is 28.2 Å². The molecule has 0 radical (unpaired) electrons. The number of aromatic amines is 1. The molecule has 8 nitrogen and oxygen atoms in total. The third-order valence-electron chi connectivity index (χ3n) is 3.98. The van der Waals surface area contributed by atoms with Crippen molar-refractivity contribution in [3.05, 3.63) is 63.9 Å². The number of aromatic nitrogens is 6. The Balaban J connectivity index is 1.71. The van der Waals surface area contributed by atoms with Crippen LogP contribution in [0, 0.1) is 0 Å². The van der Waals surface area contributed by atoms with Gasteiger partial charge in [-0.2, -0.15) is 9.97 Å². The molecule has 2 aromatic carbocycles. The highest BCUT2D eigenvalue weighted by Crippen LogP contribution is 2.24. The summed E-state index contributed by atoms with van der Waals surface area (Å²) in [6.07, 6.45) is 0. The number of hydrogen-bond acceptors (Lipinski definition) is 6. The molecule has 5 aromatic rings. The van der Waals surface area contributed by atoms with Gasteiger partial charge in [0, 0.05) is 10.6 Å². The number of nitrogens with zero attached hydrogens (tertiary/aromatic N) is 5. The van der Waals surface area contributed by atoms with E-state index in [2.05, 4.69) is 25.4 Å². The molecule has 0 unspecified atom stereocenters. The minimum atomic E-state index is -0.409. The van der Waals surface area contributed by atoms with Gasteiger partial charge in [-0.1, -0.05) is 47.1 Å². The lowest BCUT2D eigenvalue weighted by atomic mass is 10.2. The van der Waals surface area contributed by atoms with Gasteiger partial charge in [0.15, 0.2) is 11.3 Å². The smallest absolute Gasteiger partial charge is 0.282 e. The second kappa shape index (κ2) is 5.50. The van der Waals surface area contributed by atoms with Crippen molar-refractivity contribution in [2.24, 2.45) is 0 Å². The largest absolute Gasteiger partial charge is 0.332 e. The van der Waals surface area contributed by atoms with Gasteiger partial charge in [0.1, 0.15) is 0 Å². The highest BCUT2D eigenvalue weighted by molar-refractivity contribution is 6.31. The summed E-state index contributed by atoms with van der Waals surface area (Å²) in [6, 6.07) is 14.4. The monoisotopic (exact) mass is 364 g/mol. The van der Waals surface area contributed by atoms with Gasteiger partial charge in [0.2, 0.25) is 5.82 Å². The van der Waals surface area contributed by atoms with E-state index in [4.69, 9.17) is 16.1 Å². The molecule has 3 heterocycles. The Kier molecular flexibility index (Phi) is 3.13. The van der Waals surface area contributed by atoms with Gasteiger partial charge < -0.3 is 4.52 Å². The molecule has 0 atom stereocenters. The molecule has 0 aliphatic rings. The molecule has 1 N–H and O–H groups in total. The number of nitrogens with one attached hydrogen (secondary N) is 1. The Bertz CT molecular complexity index is 1320. The summed E-state index contributed by atoms with van der Waals surface area (Å²) in [7, 11) is 0. The van der Waals surface area contributed by atoms with E-state index in [-0.39, 0.29) is 5.89 Å². The molecule has 0 spiro atoms. The van der Waals surface area contributed by atoms with Crippen molar-refractivity contribution < 1.29 is 4.52 Å². The van der Waals surface area contributed by atoms with Crippen LogP contribution >= 0.6 is 11.6 Å². The molecule has 26 heavy (non-hydrogen) atoms. The van der Waals surface area contributed by atoms with Gasteiger partial charge in [-0.15, -0.1) is 5.10 Å². The maximum atomic E-state index is 12.4. The van der Waals surface area contributed by atoms with Gasteiger partial charge >= 0.3 is 0 Å². The summed E-state index contributed by atoms with van der Waals surface area (Å²) in [5.41, 5.74) is 1.60. The van der Waals surface area contributed by atoms with Crippen LogP contribution in [0.3, 0.4) is 0 Å². The first-order valence-corrected chi connectivity index (χ1v) is 8.04. The predicted octanol–water partition coefficient (Wildman–Crippen LogP) is 2.94. The first-order chi connectivity index (χ1) is 12.7. The van der Waals surface area contributed by atoms with Crippen LogP contribution in [0.2, 0.25) is 5.02 Å². The van der Waals surface area contributed by atoms with Crippen LogP contribution in [0.1, 0.15) is 0 Å². The van der Waals surface area contributed by atoms with E-state index < -0.39 is 5.56 Å². The zero-order valence-corrected chi connectivity index (χ0v) is 13.8. The quantitative estimate of drug-likeness (QED) is 0.516. The summed E-state index contributed by atoms with van der Waals surface area (Å²) in [5.74, 6) is 0.597. The molecule has 0 saturated carbocycles. The Morgan fingerprint density at radius 2 is 1.92 bits per heavy atom. The molecule has 0 aliphatic heterocycles. The van der Waals surface area contributed by atoms with Gasteiger partial charge in [-0.3, -0.25) is 4.79 Å². The molecule has 0 bridgehead atoms. The van der Waals surface area contributed by atoms with E-state index in [0.29, 0.717) is 33.1 Å². The fourth-order valence-corrected chi connectivity index (χ4v) is 2.94. The van der Waals surface area contributed by atoms with Gasteiger partial charge in [0.25, 0.3) is 11.4 Å². The average Bonchev–Trinajstić information content (AvgIpc) is 3.29. The highest BCUT2D eigenvalue weighted by Gasteiger charge is 2.19. The van der Waals surface area contributed by atoms with Gasteiger partial charge in [-0.05, 0) is 18.2 Å². The zero-order valence-electron chi connectivity index (χ0n) is 13.0. The lowest BCUT2D eigenvalue weighted by Crippen LogP contribution is -2.10. The molecule has 5 rings (SSSR count). The average molecular weight is 365 g/mol. The maximum absolute atomic E-state index is 12.4. The van der Waals surface area contributed by atoms with E-state index >= 15 is 0 Å². The van der Waals surface area contributed by atoms with Crippen molar-refractivity contribution in [3.63, 3.8) is 0 Å². The summed E-state index contributed by atoms with van der Waals surface area (Å²) < 4.78 is 6.90. The van der Waals surface area contributed by atoms with E-state index in [1.807, 2.05) is 30.3 Å². The Morgan fingerprint density at radius 1 is 1.08 bits per heavy atom. The minimum absolute atomic E-state index is 0.169. The van der Waals surface area contributed by atoms with Crippen LogP contribution in [0.15, 0.2) is 57.8 Å². The van der Waals surface area contributed by atoms with Crippen LogP contribution in [0.4, 0.5) is 0 Å². The number of halogens is 1. The molecule has 0 fully saturated rings. The standard InChI is InChI=1S/C17H9ClN6O2/c18-10-6-7-12-11(8-10)16(25)20-15-13(21-23-24(12)15)17-19-14(22-26-17)9-4-2-1-3-5-9/h1-8,23H. The number of fused-ring (bicyclic) bond motifs is 3. The Labute approximate surface area is 150 Å². The molecule has 0 saturated heterocycles. The molecule has 9 heteroatoms. The van der Waals surface area contributed by atoms with Crippen LogP contribution < -0.4 is 5.56 Å². The maximum Gasteiger partial charge on any atom is 0.282 e. The van der Waals surface area contributed by atoms with Crippen molar-refractivity contribution in [1.82, 2.24) is 30.0 Å². The fourth-order valence-electron chi connectivity index (χ4n) is 2.77. The van der Waals surface area contributed by atoms with Crippen LogP contribution in [0.5, 0.6) is 0 Å². The predicted molar refractivity (Wildman–Crippen MR) is 94.9 cm³/mol. The normalized spacial score (nSPS) is 11.4. The minimum Gasteiger partial charge on any atom is -0.332 e. The SMILES string of the molecule is O=c1nc2c(-c3nc(-c4ccccc4)no3)n[nH]n2c2ccc(Cl)cc12. The van der Waals surface area contributed by atoms with E-state index in [0.717, 1.165) is 5.56 Å². The lowest BCUT2D eigenvalue weighted by Gasteiger charge is -2.00. The first-order valence-electron chi connectivity index (χ1n) is 7.66. The molecular formula is C17H9ClN6O2. The topological polar surface area (TPSA) is 102 Å². The molecule has 126 valence electrons. The van der Waals surface area contributed by atoms with E-state index in [1.165, 1.54) is 0 Å². The summed E-state index contributed by atoms with van der Waals surface area (Å²) in [6.45, 7) is 0. The lowest BCUT2D eigenvalue weighted by molar-refractivity contribution is 0.431. The number of hydrogen-bond donors (Lipinski definition) is 1. The first kappa shape index (κ1) is 14.8. The zero-order chi connectivity index (χ0) is 17.7. The van der Waals surface area contributed by atoms with Gasteiger partial charge in [-0.25, -0.2) is 9.73 Å². The fraction of sp³-hybridized carbons (Fsp3) is 0. The van der Waals surface area contributed by atoms with Crippen LogP contribution in [-0.2, 0) is 0 Å². The van der Waals surface area contributed by atoms with Crippen molar-refractivity contribution in [2.45, 2.75) is 0 Å². The number of benzene rings is 2. The third kappa shape index (κ3) is 2.20. The molecule has 0 amide bonds. The van der Waals surface area contributed by atoms with Crippen molar-refractivity contribution in [1.29, 1.82) is 0 Å². The van der Waals surface area contributed by atoms with Crippen molar-refractivity contribution in [2.75, 3.05) is 0 Å². The van der Waals surface area contributed by atoms with Crippen LogP contribution in [0.25, 0.3) is 39.5 Å². The summed E-state index contributed by atoms with van der Waals surface area (Å²) in [4.78, 5) is 20.8. The summed E-state index contributed by atoms with van der Waals surface area (Å²) in [5, 5.41) is 11.8. The Hall–Kier alpha value is -3.52. The second-order valence-corrected chi connectivity index (χ2v) is 6.02. The van der Waals surface area contributed by atoms with Crippen molar-refractivity contribution in [3.8, 4) is 23.0 Å². The van der Waals surface area contributed by atoms with E-state index in [9.17, 15) is 4.79 Å².